The highest BCUT2D eigenvalue weighted by Gasteiger charge is 2.61. The Morgan fingerprint density at radius 2 is 1.53 bits per heavy atom. The van der Waals surface area contributed by atoms with Crippen LogP contribution in [0.25, 0.3) is 0 Å². The van der Waals surface area contributed by atoms with Gasteiger partial charge in [0.1, 0.15) is 0 Å². The van der Waals surface area contributed by atoms with Gasteiger partial charge in [-0.1, -0.05) is 112 Å². The normalized spacial score (nSPS) is 28.3. The van der Waals surface area contributed by atoms with Crippen LogP contribution in [0, 0.1) is 22.7 Å². The van der Waals surface area contributed by atoms with E-state index in [2.05, 4.69) is 112 Å². The first-order valence-electron chi connectivity index (χ1n) is 16.0. The molecular weight excluding hydrogens is 552 g/mol. The van der Waals surface area contributed by atoms with E-state index in [1.54, 1.807) is 0 Å². The number of hydrogen-bond donors (Lipinski definition) is 0. The molecule has 228 valence electrons. The van der Waals surface area contributed by atoms with Gasteiger partial charge in [-0.25, -0.2) is 0 Å². The molecule has 43 heavy (non-hydrogen) atoms. The largest absolute Gasteiger partial charge is 0.465 e. The van der Waals surface area contributed by atoms with Crippen LogP contribution in [0.1, 0.15) is 58.4 Å². The highest BCUT2D eigenvalue weighted by Crippen LogP contribution is 2.57. The van der Waals surface area contributed by atoms with E-state index in [-0.39, 0.29) is 47.1 Å². The lowest BCUT2D eigenvalue weighted by atomic mass is 9.66. The smallest absolute Gasteiger partial charge is 0.306 e. The molecule has 0 radical (unpaired) electrons. The summed E-state index contributed by atoms with van der Waals surface area (Å²) in [6.07, 6.45) is 4.70. The minimum Gasteiger partial charge on any atom is -0.465 e. The molecule has 0 bridgehead atoms. The molecule has 0 aromatic heterocycles. The van der Waals surface area contributed by atoms with Crippen molar-refractivity contribution in [1.82, 2.24) is 0 Å². The molecule has 1 saturated carbocycles. The van der Waals surface area contributed by atoms with Crippen molar-refractivity contribution in [2.45, 2.75) is 77.8 Å². The van der Waals surface area contributed by atoms with Crippen molar-refractivity contribution in [2.75, 3.05) is 13.2 Å². The van der Waals surface area contributed by atoms with Gasteiger partial charge in [-0.05, 0) is 59.4 Å². The number of carbonyl (C=O) groups excluding carboxylic acids is 1. The van der Waals surface area contributed by atoms with Crippen LogP contribution < -0.4 is 10.4 Å². The average molecular weight is 599 g/mol. The quantitative estimate of drug-likeness (QED) is 0.234. The highest BCUT2D eigenvalue weighted by atomic mass is 28.3. The summed E-state index contributed by atoms with van der Waals surface area (Å²) < 4.78 is 26.5. The van der Waals surface area contributed by atoms with Crippen molar-refractivity contribution in [3.63, 3.8) is 0 Å². The lowest BCUT2D eigenvalue weighted by Crippen LogP contribution is -2.55. The highest BCUT2D eigenvalue weighted by molar-refractivity contribution is 6.80. The molecular formula is C37H46O5Si. The number of cyclic esters (lactones) is 1. The van der Waals surface area contributed by atoms with E-state index in [9.17, 15) is 4.79 Å². The number of hydrogen-bond acceptors (Lipinski definition) is 5. The summed E-state index contributed by atoms with van der Waals surface area (Å²) in [6, 6.07) is 32.1. The molecule has 2 unspecified atom stereocenters. The maximum absolute atomic E-state index is 13.1. The van der Waals surface area contributed by atoms with Gasteiger partial charge in [0.05, 0.1) is 18.8 Å². The third-order valence-electron chi connectivity index (χ3n) is 9.75. The number of fused-ring (bicyclic) bond motifs is 1. The lowest BCUT2D eigenvalue weighted by molar-refractivity contribution is -0.205. The molecule has 6 heteroatoms. The monoisotopic (exact) mass is 598 g/mol. The second-order valence-corrected chi connectivity index (χ2v) is 16.2. The summed E-state index contributed by atoms with van der Waals surface area (Å²) in [5.74, 6) is -0.0155. The number of rotatable bonds is 9. The van der Waals surface area contributed by atoms with Crippen LogP contribution in [0.2, 0.25) is 0 Å². The maximum Gasteiger partial charge on any atom is 0.306 e. The summed E-state index contributed by atoms with van der Waals surface area (Å²) in [7, 11) is -2.10. The Balaban J connectivity index is 1.42. The van der Waals surface area contributed by atoms with Gasteiger partial charge in [-0.2, -0.15) is 0 Å². The second kappa shape index (κ2) is 13.1. The van der Waals surface area contributed by atoms with Gasteiger partial charge in [-0.15, -0.1) is 0 Å². The fraction of sp³-hybridized carbons (Fsp3) is 0.486. The molecule has 6 rings (SSSR count). The van der Waals surface area contributed by atoms with Crippen LogP contribution in [0.3, 0.4) is 0 Å². The van der Waals surface area contributed by atoms with E-state index < -0.39 is 9.04 Å². The Bertz CT molecular complexity index is 1280. The molecule has 3 fully saturated rings. The van der Waals surface area contributed by atoms with Gasteiger partial charge in [-0.3, -0.25) is 4.79 Å². The van der Waals surface area contributed by atoms with Gasteiger partial charge in [0, 0.05) is 24.4 Å². The Hall–Kier alpha value is -2.77. The molecule has 2 heterocycles. The van der Waals surface area contributed by atoms with Crippen molar-refractivity contribution >= 4 is 25.4 Å². The maximum atomic E-state index is 13.1. The van der Waals surface area contributed by atoms with E-state index in [1.807, 2.05) is 0 Å². The summed E-state index contributed by atoms with van der Waals surface area (Å²) in [5, 5.41) is 2.51. The molecule has 0 spiro atoms. The van der Waals surface area contributed by atoms with Crippen LogP contribution in [0.5, 0.6) is 0 Å². The zero-order chi connectivity index (χ0) is 29.9. The van der Waals surface area contributed by atoms with Crippen LogP contribution in [-0.2, 0) is 29.9 Å². The predicted molar refractivity (Wildman–Crippen MR) is 172 cm³/mol. The fourth-order valence-electron chi connectivity index (χ4n) is 7.78. The zero-order valence-electron chi connectivity index (χ0n) is 25.8. The standard InChI is InChI=1S/C37H46O5Si/c1-36(2,3)35(42-43(28-17-9-5-10-18-28)29-19-11-6-12-20-29)34-30-23-32(38)40-26-37(30,24-27-15-7-4-8-16-27)25-31(34)41-33-21-13-14-22-39-33/h4-12,15-20,30-31,33-35,43H,13-14,21-26H2,1-3H3/t30-,31-,33?,34+,35?,37-/m1/s1. The second-order valence-electron chi connectivity index (χ2n) is 13.9. The van der Waals surface area contributed by atoms with E-state index >= 15 is 0 Å². The number of benzene rings is 3. The van der Waals surface area contributed by atoms with Gasteiger partial charge in [0.2, 0.25) is 9.04 Å². The third kappa shape index (κ3) is 6.83. The molecule has 2 saturated heterocycles. The molecule has 3 aliphatic rings. The van der Waals surface area contributed by atoms with Crippen LogP contribution in [0.15, 0.2) is 91.0 Å². The lowest BCUT2D eigenvalue weighted by Gasteiger charge is -2.46. The van der Waals surface area contributed by atoms with Crippen LogP contribution in [-0.4, -0.2) is 46.7 Å². The molecule has 2 aliphatic heterocycles. The number of esters is 1. The van der Waals surface area contributed by atoms with Gasteiger partial charge < -0.3 is 18.6 Å². The Labute approximate surface area is 258 Å². The topological polar surface area (TPSA) is 54.0 Å². The minimum absolute atomic E-state index is 0.0181. The number of ether oxygens (including phenoxy) is 3. The van der Waals surface area contributed by atoms with E-state index in [1.165, 1.54) is 15.9 Å². The van der Waals surface area contributed by atoms with Crippen molar-refractivity contribution in [2.24, 2.45) is 22.7 Å². The van der Waals surface area contributed by atoms with Gasteiger partial charge >= 0.3 is 5.97 Å². The van der Waals surface area contributed by atoms with E-state index in [0.717, 1.165) is 38.7 Å². The first-order valence-corrected chi connectivity index (χ1v) is 17.7. The Morgan fingerprint density at radius 1 is 0.907 bits per heavy atom. The molecule has 3 aromatic rings. The first-order chi connectivity index (χ1) is 20.8. The predicted octanol–water partition coefficient (Wildman–Crippen LogP) is 5.68. The van der Waals surface area contributed by atoms with Crippen molar-refractivity contribution in [1.29, 1.82) is 0 Å². The minimum atomic E-state index is -2.10. The van der Waals surface area contributed by atoms with Gasteiger partial charge in [0.25, 0.3) is 0 Å². The molecule has 0 N–H and O–H groups in total. The SMILES string of the molecule is CC(C)(C)C(O[SiH](c1ccccc1)c1ccccc1)[C@H]1[C@H]2CC(=O)OC[C@@]2(Cc2ccccc2)C[C@H]1OC1CCCCO1. The molecule has 6 atom stereocenters. The van der Waals surface area contributed by atoms with E-state index in [4.69, 9.17) is 18.6 Å². The van der Waals surface area contributed by atoms with Crippen molar-refractivity contribution < 1.29 is 23.4 Å². The van der Waals surface area contributed by atoms with Crippen molar-refractivity contribution in [3.05, 3.63) is 96.6 Å². The summed E-state index contributed by atoms with van der Waals surface area (Å²) >= 11 is 0. The third-order valence-corrected chi connectivity index (χ3v) is 12.3. The summed E-state index contributed by atoms with van der Waals surface area (Å²) in [4.78, 5) is 13.1. The summed E-state index contributed by atoms with van der Waals surface area (Å²) in [5.41, 5.74) is 0.856. The average Bonchev–Trinajstić information content (AvgIpc) is 3.31. The molecule has 5 nitrogen and oxygen atoms in total. The molecule has 3 aromatic carbocycles. The Morgan fingerprint density at radius 3 is 2.12 bits per heavy atom. The first kappa shape index (κ1) is 30.3. The molecule has 1 aliphatic carbocycles. The van der Waals surface area contributed by atoms with Crippen LogP contribution in [0.4, 0.5) is 0 Å². The van der Waals surface area contributed by atoms with Gasteiger partial charge in [0.15, 0.2) is 6.29 Å². The Kier molecular flexibility index (Phi) is 9.20. The fourth-order valence-corrected chi connectivity index (χ4v) is 10.5. The van der Waals surface area contributed by atoms with E-state index in [0.29, 0.717) is 13.0 Å². The number of carbonyl (C=O) groups is 1. The molecule has 0 amide bonds. The van der Waals surface area contributed by atoms with Crippen LogP contribution >= 0.6 is 0 Å². The van der Waals surface area contributed by atoms with Crippen molar-refractivity contribution in [3.8, 4) is 0 Å². The zero-order valence-corrected chi connectivity index (χ0v) is 27.0. The summed E-state index contributed by atoms with van der Waals surface area (Å²) in [6.45, 7) is 8.00.